The number of halogens is 4. The van der Waals surface area contributed by atoms with E-state index in [9.17, 15) is 18.0 Å². The van der Waals surface area contributed by atoms with Crippen molar-refractivity contribution in [2.24, 2.45) is 0 Å². The van der Waals surface area contributed by atoms with Gasteiger partial charge >= 0.3 is 5.97 Å². The molecule has 0 amide bonds. The third kappa shape index (κ3) is 3.35. The van der Waals surface area contributed by atoms with Crippen LogP contribution in [0.4, 0.5) is 13.2 Å². The smallest absolute Gasteiger partial charge is 0.311 e. The van der Waals surface area contributed by atoms with Crippen LogP contribution in [0, 0.1) is 5.82 Å². The summed E-state index contributed by atoms with van der Waals surface area (Å²) in [6, 6.07) is 0. The zero-order valence-electron chi connectivity index (χ0n) is 9.55. The Morgan fingerprint density at radius 2 is 2.22 bits per heavy atom. The van der Waals surface area contributed by atoms with Gasteiger partial charge in [0.15, 0.2) is 0 Å². The second-order valence-electron chi connectivity index (χ2n) is 3.37. The maximum atomic E-state index is 13.7. The minimum Gasteiger partial charge on any atom is -0.466 e. The van der Waals surface area contributed by atoms with E-state index in [4.69, 9.17) is 11.6 Å². The second kappa shape index (κ2) is 6.58. The van der Waals surface area contributed by atoms with E-state index in [1.807, 2.05) is 0 Å². The number of hydrogen-bond donors (Lipinski definition) is 0. The van der Waals surface area contributed by atoms with E-state index < -0.39 is 23.8 Å². The zero-order chi connectivity index (χ0) is 13.7. The summed E-state index contributed by atoms with van der Waals surface area (Å²) in [6.07, 6.45) is -2.56. The molecule has 0 atom stereocenters. The Morgan fingerprint density at radius 1 is 1.56 bits per heavy atom. The van der Waals surface area contributed by atoms with Gasteiger partial charge in [-0.3, -0.25) is 9.78 Å². The van der Waals surface area contributed by atoms with Gasteiger partial charge in [0.25, 0.3) is 6.43 Å². The molecule has 1 aromatic rings. The van der Waals surface area contributed by atoms with Gasteiger partial charge in [-0.2, -0.15) is 0 Å². The van der Waals surface area contributed by atoms with E-state index in [-0.39, 0.29) is 30.2 Å². The SMILES string of the molecule is CCOC(=O)Cc1ncc(C(F)F)c(F)c1CCl. The van der Waals surface area contributed by atoms with Gasteiger partial charge in [0, 0.05) is 11.8 Å². The molecule has 0 radical (unpaired) electrons. The van der Waals surface area contributed by atoms with E-state index in [0.29, 0.717) is 6.20 Å². The molecule has 0 saturated heterocycles. The Bertz CT molecular complexity index is 441. The monoisotopic (exact) mass is 281 g/mol. The Morgan fingerprint density at radius 3 is 2.72 bits per heavy atom. The highest BCUT2D eigenvalue weighted by molar-refractivity contribution is 6.17. The van der Waals surface area contributed by atoms with Crippen LogP contribution >= 0.6 is 11.6 Å². The summed E-state index contributed by atoms with van der Waals surface area (Å²) in [7, 11) is 0. The highest BCUT2D eigenvalue weighted by Gasteiger charge is 2.21. The number of aromatic nitrogens is 1. The van der Waals surface area contributed by atoms with Crippen LogP contribution in [0.5, 0.6) is 0 Å². The largest absolute Gasteiger partial charge is 0.466 e. The second-order valence-corrected chi connectivity index (χ2v) is 3.64. The minimum atomic E-state index is -2.98. The molecular weight excluding hydrogens is 271 g/mol. The minimum absolute atomic E-state index is 0.0188. The molecule has 1 heterocycles. The van der Waals surface area contributed by atoms with E-state index >= 15 is 0 Å². The highest BCUT2D eigenvalue weighted by Crippen LogP contribution is 2.26. The number of carbonyl (C=O) groups excluding carboxylic acids is 1. The molecule has 1 aromatic heterocycles. The molecule has 3 nitrogen and oxygen atoms in total. The molecule has 0 unspecified atom stereocenters. The molecular formula is C11H11ClF3NO2. The first-order chi connectivity index (χ1) is 8.51. The van der Waals surface area contributed by atoms with E-state index in [1.165, 1.54) is 0 Å². The zero-order valence-corrected chi connectivity index (χ0v) is 10.3. The molecule has 0 aliphatic carbocycles. The molecule has 7 heteroatoms. The molecule has 0 spiro atoms. The molecule has 100 valence electrons. The number of ether oxygens (including phenoxy) is 1. The summed E-state index contributed by atoms with van der Waals surface area (Å²) < 4.78 is 43.2. The quantitative estimate of drug-likeness (QED) is 0.615. The molecule has 0 saturated carbocycles. The predicted octanol–water partition coefficient (Wildman–Crippen LogP) is 3.00. The van der Waals surface area contributed by atoms with Crippen LogP contribution < -0.4 is 0 Å². The van der Waals surface area contributed by atoms with Gasteiger partial charge in [-0.15, -0.1) is 11.6 Å². The average molecular weight is 282 g/mol. The third-order valence-electron chi connectivity index (χ3n) is 2.21. The average Bonchev–Trinajstić information content (AvgIpc) is 2.29. The van der Waals surface area contributed by atoms with Gasteiger partial charge in [0.1, 0.15) is 5.82 Å². The summed E-state index contributed by atoms with van der Waals surface area (Å²) >= 11 is 5.50. The fourth-order valence-electron chi connectivity index (χ4n) is 1.37. The van der Waals surface area contributed by atoms with Gasteiger partial charge < -0.3 is 4.74 Å². The van der Waals surface area contributed by atoms with Crippen molar-refractivity contribution < 1.29 is 22.7 Å². The highest BCUT2D eigenvalue weighted by atomic mass is 35.5. The van der Waals surface area contributed by atoms with Crippen LogP contribution in [0.25, 0.3) is 0 Å². The fourth-order valence-corrected chi connectivity index (χ4v) is 1.64. The van der Waals surface area contributed by atoms with Crippen molar-refractivity contribution in [1.82, 2.24) is 4.98 Å². The molecule has 18 heavy (non-hydrogen) atoms. The van der Waals surface area contributed by atoms with Crippen molar-refractivity contribution in [1.29, 1.82) is 0 Å². The number of hydrogen-bond acceptors (Lipinski definition) is 3. The van der Waals surface area contributed by atoms with Gasteiger partial charge in [0.2, 0.25) is 0 Å². The standard InChI is InChI=1S/C11H11ClF3NO2/c1-2-18-9(17)3-8-6(4-12)10(13)7(5-16-8)11(14)15/h5,11H,2-4H2,1H3. The van der Waals surface area contributed by atoms with Gasteiger partial charge in [0.05, 0.1) is 30.2 Å². The molecule has 0 N–H and O–H groups in total. The summed E-state index contributed by atoms with van der Waals surface area (Å²) in [5, 5.41) is 0. The van der Waals surface area contributed by atoms with Crippen molar-refractivity contribution in [3.63, 3.8) is 0 Å². The van der Waals surface area contributed by atoms with Crippen molar-refractivity contribution in [3.05, 3.63) is 28.8 Å². The first-order valence-corrected chi connectivity index (χ1v) is 5.70. The topological polar surface area (TPSA) is 39.2 Å². The van der Waals surface area contributed by atoms with E-state index in [0.717, 1.165) is 0 Å². The normalized spacial score (nSPS) is 10.8. The lowest BCUT2D eigenvalue weighted by atomic mass is 10.1. The van der Waals surface area contributed by atoms with Crippen LogP contribution in [0.3, 0.4) is 0 Å². The van der Waals surface area contributed by atoms with E-state index in [2.05, 4.69) is 9.72 Å². The molecule has 0 fully saturated rings. The lowest BCUT2D eigenvalue weighted by Gasteiger charge is -2.10. The van der Waals surface area contributed by atoms with Crippen LogP contribution in [0.1, 0.15) is 30.2 Å². The first kappa shape index (κ1) is 14.8. The fraction of sp³-hybridized carbons (Fsp3) is 0.455. The Labute approximate surface area is 107 Å². The summed E-state index contributed by atoms with van der Waals surface area (Å²) in [5.41, 5.74) is -0.994. The van der Waals surface area contributed by atoms with Crippen LogP contribution in [-0.2, 0) is 21.8 Å². The maximum Gasteiger partial charge on any atom is 0.311 e. The van der Waals surface area contributed by atoms with Crippen molar-refractivity contribution in [2.45, 2.75) is 25.7 Å². The van der Waals surface area contributed by atoms with Gasteiger partial charge in [-0.1, -0.05) is 0 Å². The number of pyridine rings is 1. The number of nitrogens with zero attached hydrogens (tertiary/aromatic N) is 1. The number of rotatable bonds is 5. The Balaban J connectivity index is 3.07. The first-order valence-electron chi connectivity index (χ1n) is 5.17. The van der Waals surface area contributed by atoms with Crippen molar-refractivity contribution >= 4 is 17.6 Å². The Kier molecular flexibility index (Phi) is 5.40. The molecule has 1 rings (SSSR count). The lowest BCUT2D eigenvalue weighted by molar-refractivity contribution is -0.142. The number of alkyl halides is 3. The van der Waals surface area contributed by atoms with Crippen LogP contribution in [-0.4, -0.2) is 17.6 Å². The Hall–Kier alpha value is -1.30. The van der Waals surface area contributed by atoms with Crippen LogP contribution in [0.15, 0.2) is 6.20 Å². The molecule has 0 aliphatic heterocycles. The summed E-state index contributed by atoms with van der Waals surface area (Å²) in [6.45, 7) is 1.79. The molecule has 0 bridgehead atoms. The summed E-state index contributed by atoms with van der Waals surface area (Å²) in [4.78, 5) is 14.9. The molecule has 0 aliphatic rings. The van der Waals surface area contributed by atoms with Gasteiger partial charge in [-0.25, -0.2) is 13.2 Å². The maximum absolute atomic E-state index is 13.7. The van der Waals surface area contributed by atoms with Crippen LogP contribution in [0.2, 0.25) is 0 Å². The predicted molar refractivity (Wildman–Crippen MR) is 59.0 cm³/mol. The number of esters is 1. The number of carbonyl (C=O) groups is 1. The van der Waals surface area contributed by atoms with Crippen molar-refractivity contribution in [2.75, 3.05) is 6.61 Å². The lowest BCUT2D eigenvalue weighted by Crippen LogP contribution is -2.12. The third-order valence-corrected chi connectivity index (χ3v) is 2.48. The summed E-state index contributed by atoms with van der Waals surface area (Å²) in [5.74, 6) is -2.07. The van der Waals surface area contributed by atoms with Crippen molar-refractivity contribution in [3.8, 4) is 0 Å². The van der Waals surface area contributed by atoms with Gasteiger partial charge in [-0.05, 0) is 6.92 Å². The van der Waals surface area contributed by atoms with E-state index in [1.54, 1.807) is 6.92 Å². The molecule has 0 aromatic carbocycles.